The molecule has 4 rings (SSSR count). The van der Waals surface area contributed by atoms with E-state index in [-0.39, 0.29) is 12.1 Å². The topological polar surface area (TPSA) is 50.8 Å². The van der Waals surface area contributed by atoms with Gasteiger partial charge in [-0.05, 0) is 84.2 Å². The van der Waals surface area contributed by atoms with Gasteiger partial charge in [0.05, 0.1) is 14.2 Å². The van der Waals surface area contributed by atoms with E-state index in [0.717, 1.165) is 43.4 Å². The lowest BCUT2D eigenvalue weighted by Gasteiger charge is -2.37. The highest BCUT2D eigenvalue weighted by Gasteiger charge is 2.30. The molecular weight excluding hydrogens is 496 g/mol. The number of benzene rings is 3. The van der Waals surface area contributed by atoms with Crippen LogP contribution in [-0.2, 0) is 6.42 Å². The third-order valence-electron chi connectivity index (χ3n) is 8.36. The second-order valence-corrected chi connectivity index (χ2v) is 11.6. The number of carbonyl (C=O) groups excluding carboxylic acids is 1. The van der Waals surface area contributed by atoms with E-state index >= 15 is 0 Å². The van der Waals surface area contributed by atoms with Gasteiger partial charge in [0, 0.05) is 18.3 Å². The standard InChI is InChI=1S/C35H46N2O3/c1-24(2)30-13-10-14-31(25(3)4)34(30)36-35(38)37(22-21-26-15-20-32(39-5)33(23-26)40-6)29-18-16-28(17-19-29)27-11-8-7-9-12-27/h7-15,20,23-25,28-29H,16-19,21-22H2,1-6H3,(H,36,38)/t28-,29-. The first-order valence-corrected chi connectivity index (χ1v) is 14.8. The first-order valence-electron chi connectivity index (χ1n) is 14.8. The zero-order chi connectivity index (χ0) is 28.6. The molecule has 5 heteroatoms. The first kappa shape index (κ1) is 29.5. The van der Waals surface area contributed by atoms with Crippen molar-refractivity contribution < 1.29 is 14.3 Å². The number of nitrogens with one attached hydrogen (secondary N) is 1. The minimum atomic E-state index is -0.00126. The maximum atomic E-state index is 14.1. The van der Waals surface area contributed by atoms with Gasteiger partial charge >= 0.3 is 6.03 Å². The number of ether oxygens (including phenoxy) is 2. The third kappa shape index (κ3) is 6.99. The number of amides is 2. The molecule has 5 nitrogen and oxygen atoms in total. The second kappa shape index (κ2) is 13.7. The molecule has 0 radical (unpaired) electrons. The van der Waals surface area contributed by atoms with E-state index in [1.54, 1.807) is 14.2 Å². The van der Waals surface area contributed by atoms with Crippen molar-refractivity contribution in [2.45, 2.75) is 83.6 Å². The average Bonchev–Trinajstić information content (AvgIpc) is 2.97. The maximum absolute atomic E-state index is 14.1. The Morgan fingerprint density at radius 1 is 0.825 bits per heavy atom. The Labute approximate surface area is 240 Å². The molecule has 0 spiro atoms. The molecule has 1 aliphatic rings. The molecule has 214 valence electrons. The van der Waals surface area contributed by atoms with Crippen LogP contribution < -0.4 is 14.8 Å². The van der Waals surface area contributed by atoms with Crippen LogP contribution in [0.4, 0.5) is 10.5 Å². The molecule has 1 fully saturated rings. The fourth-order valence-corrected chi connectivity index (χ4v) is 6.06. The molecule has 0 saturated heterocycles. The van der Waals surface area contributed by atoms with Crippen LogP contribution in [0.1, 0.15) is 93.4 Å². The molecule has 1 N–H and O–H groups in total. The SMILES string of the molecule is COc1ccc(CCN(C(=O)Nc2c(C(C)C)cccc2C(C)C)[C@H]2CC[C@H](c3ccccc3)CC2)cc1OC. The summed E-state index contributed by atoms with van der Waals surface area (Å²) in [6, 6.07) is 23.4. The molecule has 40 heavy (non-hydrogen) atoms. The Balaban J connectivity index is 1.57. The summed E-state index contributed by atoms with van der Waals surface area (Å²) in [7, 11) is 3.31. The Hall–Kier alpha value is -3.47. The van der Waals surface area contributed by atoms with Crippen LogP contribution >= 0.6 is 0 Å². The average molecular weight is 543 g/mol. The minimum absolute atomic E-state index is 0.00126. The van der Waals surface area contributed by atoms with Crippen molar-refractivity contribution in [1.82, 2.24) is 4.90 Å². The number of nitrogens with zero attached hydrogens (tertiary/aromatic N) is 1. The number of urea groups is 1. The van der Waals surface area contributed by atoms with Gasteiger partial charge in [0.2, 0.25) is 0 Å². The van der Waals surface area contributed by atoms with E-state index in [1.807, 2.05) is 12.1 Å². The third-order valence-corrected chi connectivity index (χ3v) is 8.36. The molecule has 0 aromatic heterocycles. The molecule has 0 atom stereocenters. The molecule has 1 saturated carbocycles. The van der Waals surface area contributed by atoms with Crippen LogP contribution in [-0.4, -0.2) is 37.7 Å². The summed E-state index contributed by atoms with van der Waals surface area (Å²) in [6.45, 7) is 9.40. The van der Waals surface area contributed by atoms with Gasteiger partial charge in [-0.15, -0.1) is 0 Å². The van der Waals surface area contributed by atoms with Crippen LogP contribution in [0.25, 0.3) is 0 Å². The predicted octanol–water partition coefficient (Wildman–Crippen LogP) is 8.75. The van der Waals surface area contributed by atoms with E-state index in [1.165, 1.54) is 16.7 Å². The van der Waals surface area contributed by atoms with Crippen molar-refractivity contribution in [3.8, 4) is 11.5 Å². The summed E-state index contributed by atoms with van der Waals surface area (Å²) >= 11 is 0. The molecule has 1 aliphatic carbocycles. The monoisotopic (exact) mass is 542 g/mol. The Morgan fingerprint density at radius 3 is 2.02 bits per heavy atom. The van der Waals surface area contributed by atoms with E-state index in [9.17, 15) is 4.79 Å². The van der Waals surface area contributed by atoms with Gasteiger partial charge in [-0.25, -0.2) is 4.79 Å². The lowest BCUT2D eigenvalue weighted by Crippen LogP contribution is -2.45. The van der Waals surface area contributed by atoms with Crippen LogP contribution in [0.2, 0.25) is 0 Å². The number of rotatable bonds is 10. The molecular formula is C35H46N2O3. The highest BCUT2D eigenvalue weighted by molar-refractivity contribution is 5.91. The van der Waals surface area contributed by atoms with Crippen LogP contribution in [0.15, 0.2) is 66.7 Å². The molecule has 3 aromatic rings. The normalized spacial score (nSPS) is 17.1. The number of anilines is 1. The predicted molar refractivity (Wildman–Crippen MR) is 165 cm³/mol. The zero-order valence-corrected chi connectivity index (χ0v) is 25.1. The van der Waals surface area contributed by atoms with Crippen LogP contribution in [0, 0.1) is 0 Å². The van der Waals surface area contributed by atoms with Gasteiger partial charge in [-0.1, -0.05) is 82.3 Å². The maximum Gasteiger partial charge on any atom is 0.322 e. The summed E-state index contributed by atoms with van der Waals surface area (Å²) in [5.41, 5.74) is 5.89. The highest BCUT2D eigenvalue weighted by Crippen LogP contribution is 2.37. The fourth-order valence-electron chi connectivity index (χ4n) is 6.06. The number of para-hydroxylation sites is 1. The summed E-state index contributed by atoms with van der Waals surface area (Å²) in [4.78, 5) is 16.2. The van der Waals surface area contributed by atoms with Gasteiger partial charge < -0.3 is 19.7 Å². The first-order chi connectivity index (χ1) is 19.3. The minimum Gasteiger partial charge on any atom is -0.493 e. The smallest absolute Gasteiger partial charge is 0.322 e. The van der Waals surface area contributed by atoms with Crippen LogP contribution in [0.5, 0.6) is 11.5 Å². The number of hydrogen-bond donors (Lipinski definition) is 1. The molecule has 0 heterocycles. The van der Waals surface area contributed by atoms with Crippen molar-refractivity contribution in [1.29, 1.82) is 0 Å². The molecule has 0 unspecified atom stereocenters. The van der Waals surface area contributed by atoms with E-state index < -0.39 is 0 Å². The van der Waals surface area contributed by atoms with Crippen molar-refractivity contribution >= 4 is 11.7 Å². The summed E-state index contributed by atoms with van der Waals surface area (Å²) in [5.74, 6) is 2.62. The summed E-state index contributed by atoms with van der Waals surface area (Å²) < 4.78 is 11.0. The zero-order valence-electron chi connectivity index (χ0n) is 25.1. The Kier molecular flexibility index (Phi) is 10.1. The van der Waals surface area contributed by atoms with Gasteiger partial charge in [0.25, 0.3) is 0 Å². The lowest BCUT2D eigenvalue weighted by atomic mass is 9.81. The fraction of sp³-hybridized carbons (Fsp3) is 0.457. The summed E-state index contributed by atoms with van der Waals surface area (Å²) in [5, 5.41) is 3.40. The molecule has 0 aliphatic heterocycles. The Morgan fingerprint density at radius 2 is 1.45 bits per heavy atom. The van der Waals surface area contributed by atoms with Crippen molar-refractivity contribution in [2.24, 2.45) is 0 Å². The van der Waals surface area contributed by atoms with Gasteiger partial charge in [-0.2, -0.15) is 0 Å². The molecule has 0 bridgehead atoms. The Bertz CT molecular complexity index is 1220. The van der Waals surface area contributed by atoms with E-state index in [2.05, 4.69) is 92.5 Å². The molecule has 3 aromatic carbocycles. The molecule has 2 amide bonds. The quantitative estimate of drug-likeness (QED) is 0.279. The number of carbonyl (C=O) groups is 1. The second-order valence-electron chi connectivity index (χ2n) is 11.6. The van der Waals surface area contributed by atoms with Crippen LogP contribution in [0.3, 0.4) is 0 Å². The van der Waals surface area contributed by atoms with Gasteiger partial charge in [0.1, 0.15) is 0 Å². The van der Waals surface area contributed by atoms with Crippen molar-refractivity contribution in [3.63, 3.8) is 0 Å². The van der Waals surface area contributed by atoms with Gasteiger partial charge in [0.15, 0.2) is 11.5 Å². The van der Waals surface area contributed by atoms with Crippen molar-refractivity contribution in [3.05, 3.63) is 89.0 Å². The largest absolute Gasteiger partial charge is 0.493 e. The lowest BCUT2D eigenvalue weighted by molar-refractivity contribution is 0.163. The number of methoxy groups -OCH3 is 2. The van der Waals surface area contributed by atoms with E-state index in [0.29, 0.717) is 35.8 Å². The number of hydrogen-bond acceptors (Lipinski definition) is 3. The summed E-state index contributed by atoms with van der Waals surface area (Å²) in [6.07, 6.45) is 4.93. The highest BCUT2D eigenvalue weighted by atomic mass is 16.5. The van der Waals surface area contributed by atoms with E-state index in [4.69, 9.17) is 9.47 Å². The van der Waals surface area contributed by atoms with Crippen molar-refractivity contribution in [2.75, 3.05) is 26.1 Å². The van der Waals surface area contributed by atoms with Gasteiger partial charge in [-0.3, -0.25) is 0 Å².